The molecule has 0 spiro atoms. The predicted molar refractivity (Wildman–Crippen MR) is 137 cm³/mol. The monoisotopic (exact) mass is 520 g/mol. The summed E-state index contributed by atoms with van der Waals surface area (Å²) in [5.41, 5.74) is 1.87. The number of carbonyl (C=O) groups is 5. The molecule has 10 nitrogen and oxygen atoms in total. The quantitative estimate of drug-likeness (QED) is 0.169. The van der Waals surface area contributed by atoms with Gasteiger partial charge < -0.3 is 20.7 Å². The lowest BCUT2D eigenvalue weighted by Gasteiger charge is -2.18. The maximum absolute atomic E-state index is 12.4. The second-order valence-corrected chi connectivity index (χ2v) is 9.71. The van der Waals surface area contributed by atoms with Crippen LogP contribution in [0.25, 0.3) is 0 Å². The molecular weight excluding hydrogens is 484 g/mol. The Morgan fingerprint density at radius 3 is 2.61 bits per heavy atom. The zero-order valence-corrected chi connectivity index (χ0v) is 21.8. The lowest BCUT2D eigenvalue weighted by atomic mass is 10.0. The van der Waals surface area contributed by atoms with Crippen LogP contribution in [0.15, 0.2) is 36.3 Å². The second-order valence-electron chi connectivity index (χ2n) is 8.67. The molecule has 5 amide bonds. The minimum absolute atomic E-state index is 0.130. The molecule has 2 rings (SSSR count). The SMILES string of the molecule is C=COCC1=CC=C(NC(=O)C(C)NC(=O)CNC(=O)CCCCCN2C(=O)CC(SC)C2=O)CC1. The van der Waals surface area contributed by atoms with E-state index in [4.69, 9.17) is 4.74 Å². The third-order valence-corrected chi connectivity index (χ3v) is 6.83. The molecule has 1 aliphatic carbocycles. The van der Waals surface area contributed by atoms with Gasteiger partial charge in [0.25, 0.3) is 0 Å². The number of likely N-dealkylation sites (tertiary alicyclic amines) is 1. The number of nitrogens with zero attached hydrogens (tertiary/aromatic N) is 1. The number of unbranched alkanes of at least 4 members (excludes halogenated alkanes) is 2. The summed E-state index contributed by atoms with van der Waals surface area (Å²) in [6.07, 6.45) is 10.7. The third-order valence-electron chi connectivity index (χ3n) is 5.90. The highest BCUT2D eigenvalue weighted by Gasteiger charge is 2.37. The summed E-state index contributed by atoms with van der Waals surface area (Å²) in [5.74, 6) is -1.33. The van der Waals surface area contributed by atoms with Gasteiger partial charge in [0.15, 0.2) is 0 Å². The highest BCUT2D eigenvalue weighted by Crippen LogP contribution is 2.23. The van der Waals surface area contributed by atoms with Crippen LogP contribution >= 0.6 is 11.8 Å². The van der Waals surface area contributed by atoms with Gasteiger partial charge in [0.2, 0.25) is 29.5 Å². The van der Waals surface area contributed by atoms with Crippen LogP contribution in [-0.2, 0) is 28.7 Å². The zero-order chi connectivity index (χ0) is 26.5. The number of nitrogens with one attached hydrogen (secondary N) is 3. The highest BCUT2D eigenvalue weighted by molar-refractivity contribution is 8.00. The van der Waals surface area contributed by atoms with Gasteiger partial charge in [-0.2, -0.15) is 11.8 Å². The number of thioether (sulfide) groups is 1. The van der Waals surface area contributed by atoms with E-state index in [1.54, 1.807) is 6.92 Å². The smallest absolute Gasteiger partial charge is 0.246 e. The minimum Gasteiger partial charge on any atom is -0.497 e. The number of imide groups is 1. The van der Waals surface area contributed by atoms with Gasteiger partial charge in [0, 0.05) is 25.1 Å². The maximum Gasteiger partial charge on any atom is 0.246 e. The first-order valence-corrected chi connectivity index (χ1v) is 13.4. The summed E-state index contributed by atoms with van der Waals surface area (Å²) in [5, 5.41) is 7.65. The van der Waals surface area contributed by atoms with Gasteiger partial charge in [0.05, 0.1) is 18.1 Å². The van der Waals surface area contributed by atoms with Crippen LogP contribution in [0.4, 0.5) is 0 Å². The fourth-order valence-electron chi connectivity index (χ4n) is 3.77. The summed E-state index contributed by atoms with van der Waals surface area (Å²) >= 11 is 1.39. The first-order chi connectivity index (χ1) is 17.2. The van der Waals surface area contributed by atoms with E-state index < -0.39 is 11.9 Å². The molecular formula is C25H36N4O6S. The van der Waals surface area contributed by atoms with Crippen molar-refractivity contribution in [1.82, 2.24) is 20.9 Å². The van der Waals surface area contributed by atoms with Crippen LogP contribution in [0, 0.1) is 0 Å². The zero-order valence-electron chi connectivity index (χ0n) is 21.0. The standard InChI is InChI=1S/C25H36N4O6S/c1-4-35-16-18-9-11-19(12-10-18)28-24(33)17(2)27-22(31)15-26-21(30)8-6-5-7-13-29-23(32)14-20(36-3)25(29)34/h4,9,11,17,20H,1,5-8,10,12-16H2,2-3H3,(H,26,30)(H,27,31)(H,28,33). The van der Waals surface area contributed by atoms with E-state index in [9.17, 15) is 24.0 Å². The van der Waals surface area contributed by atoms with Gasteiger partial charge in [-0.15, -0.1) is 0 Å². The van der Waals surface area contributed by atoms with E-state index in [1.165, 1.54) is 22.9 Å². The molecule has 0 aromatic carbocycles. The molecule has 3 N–H and O–H groups in total. The van der Waals surface area contributed by atoms with E-state index in [2.05, 4.69) is 22.5 Å². The molecule has 11 heteroatoms. The highest BCUT2D eigenvalue weighted by atomic mass is 32.2. The van der Waals surface area contributed by atoms with Gasteiger partial charge in [0.1, 0.15) is 12.6 Å². The fourth-order valence-corrected chi connectivity index (χ4v) is 4.40. The van der Waals surface area contributed by atoms with Crippen molar-refractivity contribution in [2.75, 3.05) is 26.0 Å². The number of hydrogen-bond donors (Lipinski definition) is 3. The van der Waals surface area contributed by atoms with E-state index in [1.807, 2.05) is 18.4 Å². The molecule has 2 unspecified atom stereocenters. The molecule has 2 aliphatic rings. The minimum atomic E-state index is -0.758. The van der Waals surface area contributed by atoms with Crippen LogP contribution in [0.1, 0.15) is 51.9 Å². The molecule has 0 bridgehead atoms. The Morgan fingerprint density at radius 2 is 1.97 bits per heavy atom. The van der Waals surface area contributed by atoms with Gasteiger partial charge >= 0.3 is 0 Å². The number of carbonyl (C=O) groups excluding carboxylic acids is 5. The molecule has 0 aromatic rings. The van der Waals surface area contributed by atoms with Crippen molar-refractivity contribution >= 4 is 41.3 Å². The molecule has 0 radical (unpaired) electrons. The molecule has 198 valence electrons. The first-order valence-electron chi connectivity index (χ1n) is 12.1. The maximum atomic E-state index is 12.4. The average Bonchev–Trinajstić information content (AvgIpc) is 3.14. The van der Waals surface area contributed by atoms with Crippen LogP contribution in [0.3, 0.4) is 0 Å². The summed E-state index contributed by atoms with van der Waals surface area (Å²) in [7, 11) is 0. The molecule has 2 atom stereocenters. The molecule has 36 heavy (non-hydrogen) atoms. The van der Waals surface area contributed by atoms with Gasteiger partial charge in [-0.25, -0.2) is 0 Å². The van der Waals surface area contributed by atoms with Gasteiger partial charge in [-0.1, -0.05) is 19.1 Å². The van der Waals surface area contributed by atoms with Crippen LogP contribution in [-0.4, -0.2) is 71.7 Å². The number of hydrogen-bond acceptors (Lipinski definition) is 7. The molecule has 1 fully saturated rings. The lowest BCUT2D eigenvalue weighted by molar-refractivity contribution is -0.138. The Kier molecular flexibility index (Phi) is 12.2. The summed E-state index contributed by atoms with van der Waals surface area (Å²) in [4.78, 5) is 61.7. The van der Waals surface area contributed by atoms with Crippen molar-refractivity contribution in [2.24, 2.45) is 0 Å². The van der Waals surface area contributed by atoms with E-state index in [0.717, 1.165) is 17.7 Å². The largest absolute Gasteiger partial charge is 0.497 e. The molecule has 0 aromatic heterocycles. The summed E-state index contributed by atoms with van der Waals surface area (Å²) in [6, 6.07) is -0.758. The van der Waals surface area contributed by atoms with Crippen LogP contribution in [0.2, 0.25) is 0 Å². The Labute approximate surface area is 216 Å². The Bertz CT molecular complexity index is 916. The number of ether oxygens (including phenoxy) is 1. The second kappa shape index (κ2) is 15.1. The molecule has 1 aliphatic heterocycles. The van der Waals surface area contributed by atoms with Gasteiger partial charge in [-0.3, -0.25) is 28.9 Å². The predicted octanol–water partition coefficient (Wildman–Crippen LogP) is 1.54. The summed E-state index contributed by atoms with van der Waals surface area (Å²) < 4.78 is 5.15. The van der Waals surface area contributed by atoms with Crippen molar-refractivity contribution < 1.29 is 28.7 Å². The van der Waals surface area contributed by atoms with Crippen molar-refractivity contribution in [3.05, 3.63) is 36.3 Å². The fraction of sp³-hybridized carbons (Fsp3) is 0.560. The van der Waals surface area contributed by atoms with Crippen molar-refractivity contribution in [1.29, 1.82) is 0 Å². The number of rotatable bonds is 15. The van der Waals surface area contributed by atoms with E-state index >= 15 is 0 Å². The van der Waals surface area contributed by atoms with E-state index in [-0.39, 0.29) is 48.3 Å². The third kappa shape index (κ3) is 9.52. The molecule has 0 saturated carbocycles. The lowest BCUT2D eigenvalue weighted by Crippen LogP contribution is -2.47. The Morgan fingerprint density at radius 1 is 1.19 bits per heavy atom. The first kappa shape index (κ1) is 29.2. The topological polar surface area (TPSA) is 134 Å². The molecule has 1 saturated heterocycles. The van der Waals surface area contributed by atoms with Crippen molar-refractivity contribution in [3.63, 3.8) is 0 Å². The summed E-state index contributed by atoms with van der Waals surface area (Å²) in [6.45, 7) is 5.71. The molecule has 1 heterocycles. The number of allylic oxidation sites excluding steroid dienone is 3. The number of amides is 5. The Hall–Kier alpha value is -3.08. The van der Waals surface area contributed by atoms with E-state index in [0.29, 0.717) is 38.8 Å². The Balaban J connectivity index is 1.58. The van der Waals surface area contributed by atoms with Crippen LogP contribution < -0.4 is 16.0 Å². The van der Waals surface area contributed by atoms with Gasteiger partial charge in [-0.05, 0) is 50.5 Å². The van der Waals surface area contributed by atoms with Crippen LogP contribution in [0.5, 0.6) is 0 Å². The normalized spacial score (nSPS) is 18.2. The van der Waals surface area contributed by atoms with Crippen molar-refractivity contribution in [2.45, 2.75) is 63.2 Å². The average molecular weight is 521 g/mol. The van der Waals surface area contributed by atoms with Crippen molar-refractivity contribution in [3.8, 4) is 0 Å².